The molecule has 1 heteroatoms. The first-order chi connectivity index (χ1) is 5.14. The molecule has 1 saturated carbocycles. The molecule has 0 atom stereocenters. The van der Waals surface area contributed by atoms with Crippen LogP contribution in [0.4, 0.5) is 0 Å². The molecule has 1 fully saturated rings. The second kappa shape index (κ2) is 4.76. The molecule has 0 heterocycles. The Hall–Kier alpha value is -0.0400. The predicted octanol–water partition coefficient (Wildman–Crippen LogP) is 2.81. The fourth-order valence-electron chi connectivity index (χ4n) is 1.71. The minimum Gasteiger partial charge on any atom is -0.314 e. The third kappa shape index (κ3) is 3.76. The summed E-state index contributed by atoms with van der Waals surface area (Å²) in [7, 11) is 0. The molecule has 1 aliphatic carbocycles. The Morgan fingerprint density at radius 3 is 2.00 bits per heavy atom. The van der Waals surface area contributed by atoms with E-state index >= 15 is 0 Å². The van der Waals surface area contributed by atoms with E-state index in [1.54, 1.807) is 0 Å². The van der Waals surface area contributed by atoms with Crippen molar-refractivity contribution in [2.24, 2.45) is 5.41 Å². The summed E-state index contributed by atoms with van der Waals surface area (Å²) in [6.07, 6.45) is 2.72. The minimum atomic E-state index is 0.632. The third-order valence-electron chi connectivity index (χ3n) is 2.09. The number of rotatable bonds is 2. The van der Waals surface area contributed by atoms with Gasteiger partial charge in [0.2, 0.25) is 0 Å². The second-order valence-corrected chi connectivity index (χ2v) is 3.83. The summed E-state index contributed by atoms with van der Waals surface area (Å²) in [5.41, 5.74) is 0.632. The zero-order chi connectivity index (χ0) is 8.91. The van der Waals surface area contributed by atoms with E-state index in [0.29, 0.717) is 5.41 Å². The van der Waals surface area contributed by atoms with Gasteiger partial charge in [0.1, 0.15) is 0 Å². The van der Waals surface area contributed by atoms with Gasteiger partial charge in [-0.15, -0.1) is 0 Å². The Morgan fingerprint density at radius 1 is 1.27 bits per heavy atom. The van der Waals surface area contributed by atoms with Gasteiger partial charge in [-0.25, -0.2) is 0 Å². The van der Waals surface area contributed by atoms with Gasteiger partial charge in [0.15, 0.2) is 0 Å². The monoisotopic (exact) mass is 157 g/mol. The summed E-state index contributed by atoms with van der Waals surface area (Å²) < 4.78 is 0. The van der Waals surface area contributed by atoms with E-state index in [1.807, 2.05) is 13.8 Å². The van der Waals surface area contributed by atoms with E-state index < -0.39 is 0 Å². The lowest BCUT2D eigenvalue weighted by Crippen LogP contribution is -2.45. The summed E-state index contributed by atoms with van der Waals surface area (Å²) in [6, 6.07) is 0.824. The molecule has 1 aliphatic rings. The molecule has 0 aliphatic heterocycles. The molecule has 0 bridgehead atoms. The smallest absolute Gasteiger partial charge is 0.00771 e. The van der Waals surface area contributed by atoms with Crippen molar-refractivity contribution in [3.63, 3.8) is 0 Å². The van der Waals surface area contributed by atoms with Crippen LogP contribution in [0.2, 0.25) is 0 Å². The van der Waals surface area contributed by atoms with Crippen molar-refractivity contribution in [2.45, 2.75) is 53.5 Å². The fraction of sp³-hybridized carbons (Fsp3) is 1.00. The number of hydrogen-bond donors (Lipinski definition) is 1. The first kappa shape index (κ1) is 11.0. The van der Waals surface area contributed by atoms with Gasteiger partial charge in [-0.1, -0.05) is 34.6 Å². The van der Waals surface area contributed by atoms with Crippen molar-refractivity contribution in [3.8, 4) is 0 Å². The molecule has 11 heavy (non-hydrogen) atoms. The average molecular weight is 157 g/mol. The third-order valence-corrected chi connectivity index (χ3v) is 2.09. The zero-order valence-electron chi connectivity index (χ0n) is 8.70. The molecular formula is C10H23N. The van der Waals surface area contributed by atoms with Crippen molar-refractivity contribution in [1.82, 2.24) is 5.32 Å². The molecular weight excluding hydrogens is 134 g/mol. The highest BCUT2D eigenvalue weighted by atomic mass is 14.9. The molecule has 0 aromatic heterocycles. The largest absolute Gasteiger partial charge is 0.314 e. The lowest BCUT2D eigenvalue weighted by molar-refractivity contribution is 0.128. The Morgan fingerprint density at radius 2 is 1.73 bits per heavy atom. The molecule has 1 rings (SSSR count). The van der Waals surface area contributed by atoms with Crippen LogP contribution in [0, 0.1) is 5.41 Å². The molecule has 1 N–H and O–H groups in total. The summed E-state index contributed by atoms with van der Waals surface area (Å²) in [6.45, 7) is 12.0. The molecule has 0 unspecified atom stereocenters. The van der Waals surface area contributed by atoms with Crippen LogP contribution in [0.3, 0.4) is 0 Å². The minimum absolute atomic E-state index is 0.632. The van der Waals surface area contributed by atoms with Crippen molar-refractivity contribution in [2.75, 3.05) is 6.54 Å². The van der Waals surface area contributed by atoms with Crippen LogP contribution >= 0.6 is 0 Å². The van der Waals surface area contributed by atoms with E-state index in [0.717, 1.165) is 12.6 Å². The first-order valence-corrected chi connectivity index (χ1v) is 4.87. The summed E-state index contributed by atoms with van der Waals surface area (Å²) in [5.74, 6) is 0. The van der Waals surface area contributed by atoms with Crippen LogP contribution < -0.4 is 5.32 Å². The number of nitrogens with one attached hydrogen (secondary N) is 1. The Labute approximate surface area is 71.6 Å². The molecule has 0 aromatic carbocycles. The van der Waals surface area contributed by atoms with Gasteiger partial charge in [0.25, 0.3) is 0 Å². The highest BCUT2D eigenvalue weighted by Crippen LogP contribution is 2.39. The van der Waals surface area contributed by atoms with Gasteiger partial charge in [-0.3, -0.25) is 0 Å². The maximum Gasteiger partial charge on any atom is 0.00771 e. The molecule has 0 amide bonds. The van der Waals surface area contributed by atoms with E-state index in [1.165, 1.54) is 12.8 Å². The van der Waals surface area contributed by atoms with E-state index in [9.17, 15) is 0 Å². The molecule has 68 valence electrons. The van der Waals surface area contributed by atoms with Crippen LogP contribution in [-0.2, 0) is 0 Å². The summed E-state index contributed by atoms with van der Waals surface area (Å²) in [5, 5.41) is 3.44. The fourth-order valence-corrected chi connectivity index (χ4v) is 1.71. The van der Waals surface area contributed by atoms with Crippen molar-refractivity contribution in [1.29, 1.82) is 0 Å². The number of hydrogen-bond acceptors (Lipinski definition) is 1. The van der Waals surface area contributed by atoms with Gasteiger partial charge < -0.3 is 5.32 Å². The maximum atomic E-state index is 3.44. The lowest BCUT2D eigenvalue weighted by atomic mass is 9.68. The summed E-state index contributed by atoms with van der Waals surface area (Å²) in [4.78, 5) is 0. The SMILES string of the molecule is CC.CCNC1CC(C)(C)C1. The van der Waals surface area contributed by atoms with Crippen molar-refractivity contribution < 1.29 is 0 Å². The summed E-state index contributed by atoms with van der Waals surface area (Å²) >= 11 is 0. The normalized spacial score (nSPS) is 21.5. The van der Waals surface area contributed by atoms with Crippen molar-refractivity contribution >= 4 is 0 Å². The molecule has 0 saturated heterocycles. The standard InChI is InChI=1S/C8H17N.C2H6/c1-4-9-7-5-8(2,3)6-7;1-2/h7,9H,4-6H2,1-3H3;1-2H3. The molecule has 0 aromatic rings. The first-order valence-electron chi connectivity index (χ1n) is 4.87. The van der Waals surface area contributed by atoms with Crippen LogP contribution in [0.25, 0.3) is 0 Å². The Bertz CT molecular complexity index is 89.0. The topological polar surface area (TPSA) is 12.0 Å². The molecule has 1 nitrogen and oxygen atoms in total. The quantitative estimate of drug-likeness (QED) is 0.650. The van der Waals surface area contributed by atoms with Crippen LogP contribution in [-0.4, -0.2) is 12.6 Å². The van der Waals surface area contributed by atoms with Gasteiger partial charge in [0.05, 0.1) is 0 Å². The Balaban J connectivity index is 0.000000461. The highest BCUT2D eigenvalue weighted by Gasteiger charge is 2.34. The lowest BCUT2D eigenvalue weighted by Gasteiger charge is -2.42. The predicted molar refractivity (Wildman–Crippen MR) is 51.8 cm³/mol. The zero-order valence-corrected chi connectivity index (χ0v) is 8.70. The second-order valence-electron chi connectivity index (χ2n) is 3.83. The molecule has 0 radical (unpaired) electrons. The van der Waals surface area contributed by atoms with Gasteiger partial charge in [-0.05, 0) is 24.8 Å². The van der Waals surface area contributed by atoms with Crippen LogP contribution in [0.15, 0.2) is 0 Å². The van der Waals surface area contributed by atoms with Gasteiger partial charge in [0, 0.05) is 6.04 Å². The van der Waals surface area contributed by atoms with E-state index in [4.69, 9.17) is 0 Å². The maximum absolute atomic E-state index is 3.44. The Kier molecular flexibility index (Phi) is 4.74. The van der Waals surface area contributed by atoms with Crippen LogP contribution in [0.5, 0.6) is 0 Å². The van der Waals surface area contributed by atoms with Gasteiger partial charge in [-0.2, -0.15) is 0 Å². The van der Waals surface area contributed by atoms with Crippen LogP contribution in [0.1, 0.15) is 47.5 Å². The van der Waals surface area contributed by atoms with Gasteiger partial charge >= 0.3 is 0 Å². The molecule has 0 spiro atoms. The highest BCUT2D eigenvalue weighted by molar-refractivity contribution is 4.90. The average Bonchev–Trinajstić information content (AvgIpc) is 1.89. The van der Waals surface area contributed by atoms with Crippen molar-refractivity contribution in [3.05, 3.63) is 0 Å². The van der Waals surface area contributed by atoms with E-state index in [2.05, 4.69) is 26.1 Å². The van der Waals surface area contributed by atoms with E-state index in [-0.39, 0.29) is 0 Å².